The second-order valence-corrected chi connectivity index (χ2v) is 22.7. The molecule has 19 rings (SSSR count). The molecular formula is C78H50N6. The van der Waals surface area contributed by atoms with Crippen molar-refractivity contribution in [2.75, 3.05) is 4.90 Å². The molecule has 6 nitrogen and oxygen atoms in total. The molecule has 392 valence electrons. The molecule has 2 atom stereocenters. The van der Waals surface area contributed by atoms with Crippen LogP contribution in [0.3, 0.4) is 0 Å². The van der Waals surface area contributed by atoms with E-state index in [0.29, 0.717) is 0 Å². The summed E-state index contributed by atoms with van der Waals surface area (Å²) in [5, 5.41) is 11.9. The number of anilines is 2. The highest BCUT2D eigenvalue weighted by Gasteiger charge is 2.44. The Hall–Kier alpha value is -11.1. The van der Waals surface area contributed by atoms with Gasteiger partial charge >= 0.3 is 0 Å². The number of fused-ring (bicyclic) bond motifs is 18. The van der Waals surface area contributed by atoms with E-state index in [9.17, 15) is 0 Å². The Kier molecular flexibility index (Phi) is 9.36. The summed E-state index contributed by atoms with van der Waals surface area (Å²) in [7, 11) is 0. The van der Waals surface area contributed by atoms with E-state index < -0.39 is 0 Å². The van der Waals surface area contributed by atoms with Gasteiger partial charge in [0.2, 0.25) is 0 Å². The summed E-state index contributed by atoms with van der Waals surface area (Å²) in [5.41, 5.74) is 20.0. The Morgan fingerprint density at radius 3 is 0.690 bits per heavy atom. The number of aromatic nitrogens is 5. The van der Waals surface area contributed by atoms with E-state index in [4.69, 9.17) is 0 Å². The number of allylic oxidation sites excluding steroid dienone is 2. The fourth-order valence-electron chi connectivity index (χ4n) is 15.3. The van der Waals surface area contributed by atoms with Crippen LogP contribution in [-0.4, -0.2) is 28.9 Å². The third-order valence-electron chi connectivity index (χ3n) is 18.6. The number of benzene rings is 12. The molecule has 84 heavy (non-hydrogen) atoms. The summed E-state index contributed by atoms with van der Waals surface area (Å²) in [6, 6.07) is 99.9. The van der Waals surface area contributed by atoms with Crippen molar-refractivity contribution in [1.29, 1.82) is 0 Å². The van der Waals surface area contributed by atoms with Crippen molar-refractivity contribution < 1.29 is 0 Å². The molecule has 6 heteroatoms. The number of para-hydroxylation sites is 11. The molecule has 6 heterocycles. The van der Waals surface area contributed by atoms with Gasteiger partial charge in [0.1, 0.15) is 0 Å². The summed E-state index contributed by atoms with van der Waals surface area (Å²) in [5.74, 6) is 0.0635. The van der Waals surface area contributed by atoms with Crippen LogP contribution in [0.25, 0.3) is 137 Å². The van der Waals surface area contributed by atoms with Crippen LogP contribution in [0.4, 0.5) is 11.4 Å². The third-order valence-corrected chi connectivity index (χ3v) is 18.6. The Bertz CT molecular complexity index is 5210. The molecule has 2 aliphatic rings. The first kappa shape index (κ1) is 45.6. The molecule has 17 aromatic rings. The van der Waals surface area contributed by atoms with Crippen molar-refractivity contribution in [1.82, 2.24) is 22.8 Å². The maximum atomic E-state index is 2.75. The fourth-order valence-corrected chi connectivity index (χ4v) is 15.3. The first-order chi connectivity index (χ1) is 41.8. The highest BCUT2D eigenvalue weighted by molar-refractivity contribution is 6.19. The summed E-state index contributed by atoms with van der Waals surface area (Å²) in [6.07, 6.45) is 9.41. The minimum Gasteiger partial charge on any atom is -0.330 e. The average Bonchev–Trinajstić information content (AvgIpc) is 1.79. The van der Waals surface area contributed by atoms with E-state index in [1.54, 1.807) is 0 Å². The maximum absolute atomic E-state index is 2.75. The lowest BCUT2D eigenvalue weighted by Gasteiger charge is -2.37. The predicted octanol–water partition coefficient (Wildman–Crippen LogP) is 19.9. The van der Waals surface area contributed by atoms with Gasteiger partial charge in [-0.2, -0.15) is 0 Å². The van der Waals surface area contributed by atoms with Crippen LogP contribution in [0.5, 0.6) is 0 Å². The van der Waals surface area contributed by atoms with Gasteiger partial charge in [0.05, 0.1) is 95.3 Å². The van der Waals surface area contributed by atoms with E-state index in [2.05, 4.69) is 319 Å². The molecule has 1 aliphatic heterocycles. The molecule has 0 bridgehead atoms. The van der Waals surface area contributed by atoms with Crippen molar-refractivity contribution in [2.24, 2.45) is 0 Å². The lowest BCUT2D eigenvalue weighted by molar-refractivity contribution is 0.741. The topological polar surface area (TPSA) is 27.9 Å². The molecule has 0 saturated heterocycles. The van der Waals surface area contributed by atoms with Crippen LogP contribution < -0.4 is 4.90 Å². The average molecular weight is 1070 g/mol. The van der Waals surface area contributed by atoms with Crippen molar-refractivity contribution in [3.63, 3.8) is 0 Å². The van der Waals surface area contributed by atoms with E-state index in [1.165, 1.54) is 65.1 Å². The van der Waals surface area contributed by atoms with Crippen LogP contribution in [0.2, 0.25) is 0 Å². The monoisotopic (exact) mass is 1070 g/mol. The molecule has 0 saturated carbocycles. The molecule has 0 amide bonds. The normalized spacial score (nSPS) is 15.0. The summed E-state index contributed by atoms with van der Waals surface area (Å²) < 4.78 is 13.2. The van der Waals surface area contributed by atoms with Gasteiger partial charge in [-0.05, 0) is 72.3 Å². The van der Waals surface area contributed by atoms with Crippen LogP contribution in [0.15, 0.2) is 291 Å². The molecule has 2 unspecified atom stereocenters. The van der Waals surface area contributed by atoms with Gasteiger partial charge in [-0.3, -0.25) is 0 Å². The van der Waals surface area contributed by atoms with Crippen LogP contribution in [0, 0.1) is 0 Å². The quantitative estimate of drug-likeness (QED) is 0.163. The Labute approximate surface area is 482 Å². The van der Waals surface area contributed by atoms with Crippen molar-refractivity contribution >= 4 is 120 Å². The van der Waals surface area contributed by atoms with Crippen LogP contribution >= 0.6 is 0 Å². The van der Waals surface area contributed by atoms with Gasteiger partial charge in [-0.1, -0.05) is 224 Å². The summed E-state index contributed by atoms with van der Waals surface area (Å²) in [4.78, 5) is 2.75. The Balaban J connectivity index is 1.22. The van der Waals surface area contributed by atoms with Gasteiger partial charge in [0, 0.05) is 65.5 Å². The predicted molar refractivity (Wildman–Crippen MR) is 352 cm³/mol. The van der Waals surface area contributed by atoms with E-state index in [1.807, 2.05) is 0 Å². The van der Waals surface area contributed by atoms with Gasteiger partial charge < -0.3 is 27.7 Å². The standard InChI is InChI=1S/C78H50N6/c1-13-37-61-49(25-1)50-26-2-14-38-62(50)79(61)73-74(80-63-39-15-3-27-51(63)52-28-4-16-40-64(52)80)76(82-67-43-19-7-31-55(67)56-32-8-20-44-68(56)82)78(84-71-47-23-11-35-59(71)60-36-12-24-48-72(60)84)77(83-69-45-21-9-33-57(69)58-34-10-22-46-70(58)83)75(73)81-65-41-17-5-29-53(65)54-30-6-18-42-66(54)81/h1-49,61H. The first-order valence-electron chi connectivity index (χ1n) is 29.2. The summed E-state index contributed by atoms with van der Waals surface area (Å²) >= 11 is 0. The second-order valence-electron chi connectivity index (χ2n) is 22.7. The zero-order valence-electron chi connectivity index (χ0n) is 45.6. The van der Waals surface area contributed by atoms with Gasteiger partial charge in [-0.15, -0.1) is 0 Å². The zero-order valence-corrected chi connectivity index (χ0v) is 45.6. The van der Waals surface area contributed by atoms with Gasteiger partial charge in [0.25, 0.3) is 0 Å². The Morgan fingerprint density at radius 1 is 0.202 bits per heavy atom. The number of hydrogen-bond donors (Lipinski definition) is 0. The minimum atomic E-state index is -0.109. The molecular weight excluding hydrogens is 1020 g/mol. The van der Waals surface area contributed by atoms with Gasteiger partial charge in [-0.25, -0.2) is 0 Å². The van der Waals surface area contributed by atoms with Crippen molar-refractivity contribution in [3.05, 3.63) is 297 Å². The van der Waals surface area contributed by atoms with E-state index in [0.717, 1.165) is 89.3 Å². The van der Waals surface area contributed by atoms with Gasteiger partial charge in [0.15, 0.2) is 0 Å². The highest BCUT2D eigenvalue weighted by atomic mass is 15.3. The third kappa shape index (κ3) is 5.97. The molecule has 0 fully saturated rings. The number of nitrogens with zero attached hydrogens (tertiary/aromatic N) is 6. The Morgan fingerprint density at radius 2 is 0.417 bits per heavy atom. The molecule has 0 radical (unpaired) electrons. The lowest BCUT2D eigenvalue weighted by atomic mass is 9.91. The largest absolute Gasteiger partial charge is 0.330 e. The second kappa shape index (κ2) is 17.2. The SMILES string of the molecule is C1=CC2c3ccccc3N(c3c(-n4c5ccccc5c5ccccc54)c(-n4c5ccccc5c5ccccc54)c(-n4c5ccccc5c5ccccc54)c(-n4c5ccccc5c5ccccc54)c3-n3c4ccccc4c4ccccc43)C2C=C1. The molecule has 0 spiro atoms. The molecule has 5 aromatic heterocycles. The number of rotatable bonds is 6. The number of hydrogen-bond acceptors (Lipinski definition) is 1. The van der Waals surface area contributed by atoms with Crippen molar-refractivity contribution in [2.45, 2.75) is 12.0 Å². The lowest BCUT2D eigenvalue weighted by Crippen LogP contribution is -2.32. The smallest absolute Gasteiger partial charge is 0.0992 e. The fraction of sp³-hybridized carbons (Fsp3) is 0.0256. The summed E-state index contributed by atoms with van der Waals surface area (Å²) in [6.45, 7) is 0. The minimum absolute atomic E-state index is 0.0635. The van der Waals surface area contributed by atoms with Crippen molar-refractivity contribution in [3.8, 4) is 28.4 Å². The van der Waals surface area contributed by atoms with E-state index in [-0.39, 0.29) is 12.0 Å². The zero-order chi connectivity index (χ0) is 54.7. The first-order valence-corrected chi connectivity index (χ1v) is 29.2. The maximum Gasteiger partial charge on any atom is 0.0992 e. The van der Waals surface area contributed by atoms with Crippen LogP contribution in [-0.2, 0) is 0 Å². The highest BCUT2D eigenvalue weighted by Crippen LogP contribution is 2.59. The van der Waals surface area contributed by atoms with E-state index >= 15 is 0 Å². The molecule has 1 aliphatic carbocycles. The van der Waals surface area contributed by atoms with Crippen LogP contribution in [0.1, 0.15) is 11.5 Å². The molecule has 12 aromatic carbocycles. The molecule has 0 N–H and O–H groups in total.